The van der Waals surface area contributed by atoms with Crippen LogP contribution in [0.3, 0.4) is 0 Å². The largest absolute Gasteiger partial charge is 0.346 e. The lowest BCUT2D eigenvalue weighted by Crippen LogP contribution is -1.96. The minimum absolute atomic E-state index is 0.497. The first kappa shape index (κ1) is 12.7. The summed E-state index contributed by atoms with van der Waals surface area (Å²) in [7, 11) is 0. The molecule has 96 valence electrons. The molecule has 0 aliphatic carbocycles. The second-order valence-electron chi connectivity index (χ2n) is 4.08. The molecule has 0 N–H and O–H groups in total. The van der Waals surface area contributed by atoms with Gasteiger partial charge in [0.15, 0.2) is 0 Å². The van der Waals surface area contributed by atoms with E-state index in [1.807, 2.05) is 31.2 Å². The van der Waals surface area contributed by atoms with Crippen molar-refractivity contribution in [2.24, 2.45) is 0 Å². The van der Waals surface area contributed by atoms with Gasteiger partial charge in [-0.25, -0.2) is 0 Å². The summed E-state index contributed by atoms with van der Waals surface area (Å²) in [6.45, 7) is 1.93. The lowest BCUT2D eigenvalue weighted by Gasteiger charge is -2.02. The average Bonchev–Trinajstić information content (AvgIpc) is 2.38. The summed E-state index contributed by atoms with van der Waals surface area (Å²) in [6, 6.07) is 11.3. The molecule has 0 bridgehead atoms. The Labute approximate surface area is 108 Å². The highest BCUT2D eigenvalue weighted by Crippen LogP contribution is 2.31. The molecule has 6 nitrogen and oxygen atoms in total. The second-order valence-corrected chi connectivity index (χ2v) is 4.08. The SMILES string of the molecule is Cc1ccc(-c2ccc([N+](=O)[O-])c([N+](=O)[O-])c2)cc1. The van der Waals surface area contributed by atoms with Crippen molar-refractivity contribution in [3.63, 3.8) is 0 Å². The summed E-state index contributed by atoms with van der Waals surface area (Å²) in [5.41, 5.74) is 1.44. The van der Waals surface area contributed by atoms with Gasteiger partial charge in [-0.1, -0.05) is 29.8 Å². The van der Waals surface area contributed by atoms with Gasteiger partial charge in [-0.3, -0.25) is 20.2 Å². The van der Waals surface area contributed by atoms with Crippen LogP contribution in [0.1, 0.15) is 5.56 Å². The topological polar surface area (TPSA) is 86.3 Å². The van der Waals surface area contributed by atoms with E-state index in [4.69, 9.17) is 0 Å². The minimum atomic E-state index is -0.753. The number of rotatable bonds is 3. The van der Waals surface area contributed by atoms with Crippen LogP contribution >= 0.6 is 0 Å². The van der Waals surface area contributed by atoms with Gasteiger partial charge in [-0.05, 0) is 24.1 Å². The zero-order valence-corrected chi connectivity index (χ0v) is 10.1. The number of nitrogens with zero attached hydrogens (tertiary/aromatic N) is 2. The molecule has 0 atom stereocenters. The van der Waals surface area contributed by atoms with Gasteiger partial charge in [0.1, 0.15) is 0 Å². The van der Waals surface area contributed by atoms with Crippen LogP contribution in [0.4, 0.5) is 11.4 Å². The van der Waals surface area contributed by atoms with E-state index in [9.17, 15) is 20.2 Å². The maximum absolute atomic E-state index is 10.9. The average molecular weight is 258 g/mol. The zero-order valence-electron chi connectivity index (χ0n) is 10.1. The Bertz CT molecular complexity index is 650. The second kappa shape index (κ2) is 4.85. The maximum Gasteiger partial charge on any atom is 0.346 e. The van der Waals surface area contributed by atoms with Gasteiger partial charge in [0.2, 0.25) is 0 Å². The molecule has 0 saturated carbocycles. The van der Waals surface area contributed by atoms with Gasteiger partial charge in [0.05, 0.1) is 9.85 Å². The molecular formula is C13H10N2O4. The lowest BCUT2D eigenvalue weighted by atomic mass is 10.0. The van der Waals surface area contributed by atoms with Gasteiger partial charge < -0.3 is 0 Å². The number of nitro groups is 2. The molecule has 0 heterocycles. The van der Waals surface area contributed by atoms with Crippen LogP contribution in [-0.4, -0.2) is 9.85 Å². The quantitative estimate of drug-likeness (QED) is 0.622. The van der Waals surface area contributed by atoms with Crippen LogP contribution in [0.2, 0.25) is 0 Å². The highest BCUT2D eigenvalue weighted by Gasteiger charge is 2.24. The van der Waals surface area contributed by atoms with Crippen LogP contribution < -0.4 is 0 Å². The molecule has 0 radical (unpaired) electrons. The molecule has 0 spiro atoms. The number of benzene rings is 2. The fraction of sp³-hybridized carbons (Fsp3) is 0.0769. The van der Waals surface area contributed by atoms with Crippen molar-refractivity contribution in [3.05, 3.63) is 68.3 Å². The van der Waals surface area contributed by atoms with Gasteiger partial charge in [-0.15, -0.1) is 0 Å². The molecule has 0 aromatic heterocycles. The first-order valence-corrected chi connectivity index (χ1v) is 5.49. The van der Waals surface area contributed by atoms with Crippen molar-refractivity contribution >= 4 is 11.4 Å². The molecular weight excluding hydrogens is 248 g/mol. The van der Waals surface area contributed by atoms with Crippen molar-refractivity contribution in [2.75, 3.05) is 0 Å². The fourth-order valence-electron chi connectivity index (χ4n) is 1.75. The summed E-state index contributed by atoms with van der Waals surface area (Å²) in [5.74, 6) is 0. The third-order valence-corrected chi connectivity index (χ3v) is 2.75. The van der Waals surface area contributed by atoms with E-state index in [2.05, 4.69) is 0 Å². The summed E-state index contributed by atoms with van der Waals surface area (Å²) >= 11 is 0. The predicted molar refractivity (Wildman–Crippen MR) is 69.9 cm³/mol. The molecule has 0 aliphatic rings. The molecule has 2 rings (SSSR count). The molecule has 0 aliphatic heterocycles. The van der Waals surface area contributed by atoms with E-state index >= 15 is 0 Å². The smallest absolute Gasteiger partial charge is 0.258 e. The summed E-state index contributed by atoms with van der Waals surface area (Å²) in [5, 5.41) is 21.6. The minimum Gasteiger partial charge on any atom is -0.258 e. The Morgan fingerprint density at radius 3 is 1.84 bits per heavy atom. The standard InChI is InChI=1S/C13H10N2O4/c1-9-2-4-10(5-3-9)11-6-7-12(14(16)17)13(8-11)15(18)19/h2-8H,1H3. The highest BCUT2D eigenvalue weighted by atomic mass is 16.6. The Kier molecular flexibility index (Phi) is 3.24. The van der Waals surface area contributed by atoms with Crippen LogP contribution in [0.5, 0.6) is 0 Å². The van der Waals surface area contributed by atoms with Crippen molar-refractivity contribution in [3.8, 4) is 11.1 Å². The van der Waals surface area contributed by atoms with E-state index < -0.39 is 21.2 Å². The zero-order chi connectivity index (χ0) is 14.0. The van der Waals surface area contributed by atoms with Crippen molar-refractivity contribution < 1.29 is 9.85 Å². The van der Waals surface area contributed by atoms with E-state index in [1.54, 1.807) is 0 Å². The normalized spacial score (nSPS) is 10.2. The summed E-state index contributed by atoms with van der Waals surface area (Å²) in [4.78, 5) is 20.1. The van der Waals surface area contributed by atoms with Crippen molar-refractivity contribution in [1.82, 2.24) is 0 Å². The van der Waals surface area contributed by atoms with Crippen molar-refractivity contribution in [1.29, 1.82) is 0 Å². The predicted octanol–water partition coefficient (Wildman–Crippen LogP) is 3.48. The molecule has 0 unspecified atom stereocenters. The van der Waals surface area contributed by atoms with Gasteiger partial charge in [0.25, 0.3) is 0 Å². The first-order valence-electron chi connectivity index (χ1n) is 5.49. The van der Waals surface area contributed by atoms with Crippen LogP contribution in [0.15, 0.2) is 42.5 Å². The number of aryl methyl sites for hydroxylation is 1. The molecule has 0 fully saturated rings. The van der Waals surface area contributed by atoms with Gasteiger partial charge in [-0.2, -0.15) is 0 Å². The van der Waals surface area contributed by atoms with E-state index in [1.165, 1.54) is 12.1 Å². The Hall–Kier alpha value is -2.76. The maximum atomic E-state index is 10.9. The van der Waals surface area contributed by atoms with E-state index in [-0.39, 0.29) is 0 Å². The van der Waals surface area contributed by atoms with Crippen LogP contribution in [-0.2, 0) is 0 Å². The van der Waals surface area contributed by atoms with E-state index in [0.717, 1.165) is 17.2 Å². The molecule has 2 aromatic carbocycles. The van der Waals surface area contributed by atoms with Crippen LogP contribution in [0, 0.1) is 27.2 Å². The molecule has 0 amide bonds. The molecule has 0 saturated heterocycles. The highest BCUT2D eigenvalue weighted by molar-refractivity contribution is 5.70. The summed E-state index contributed by atoms with van der Waals surface area (Å²) < 4.78 is 0. The third-order valence-electron chi connectivity index (χ3n) is 2.75. The number of hydrogen-bond donors (Lipinski definition) is 0. The number of hydrogen-bond acceptors (Lipinski definition) is 4. The molecule has 19 heavy (non-hydrogen) atoms. The van der Waals surface area contributed by atoms with E-state index in [0.29, 0.717) is 5.56 Å². The molecule has 2 aromatic rings. The van der Waals surface area contributed by atoms with Gasteiger partial charge >= 0.3 is 11.4 Å². The monoisotopic (exact) mass is 258 g/mol. The molecule has 6 heteroatoms. The Morgan fingerprint density at radius 2 is 1.32 bits per heavy atom. The Morgan fingerprint density at radius 1 is 0.789 bits per heavy atom. The Balaban J connectivity index is 2.55. The van der Waals surface area contributed by atoms with Gasteiger partial charge in [0, 0.05) is 12.1 Å². The van der Waals surface area contributed by atoms with Crippen LogP contribution in [0.25, 0.3) is 11.1 Å². The number of nitro benzene ring substituents is 2. The first-order chi connectivity index (χ1) is 8.99. The lowest BCUT2D eigenvalue weighted by molar-refractivity contribution is -0.422. The third kappa shape index (κ3) is 2.57. The fourth-order valence-corrected chi connectivity index (χ4v) is 1.75. The summed E-state index contributed by atoms with van der Waals surface area (Å²) in [6.07, 6.45) is 0. The van der Waals surface area contributed by atoms with Crippen molar-refractivity contribution in [2.45, 2.75) is 6.92 Å².